The Morgan fingerprint density at radius 3 is 1.93 bits per heavy atom. The molecule has 0 unspecified atom stereocenters. The average molecular weight is 592 g/mol. The molecule has 3 nitrogen and oxygen atoms in total. The molecule has 0 aliphatic heterocycles. The standard InChI is InChI=1S/C41H25N3S/c1-3-13-27(14-4-1)34-25-35(44-41(43-34)28-15-5-2-6-16-28)29-22-23-32-36(24-29)42-39(31-20-11-17-26-12-7-8-18-30(26)31)38-33-19-9-10-21-37(33)45-40(32)38/h1-25H. The van der Waals surface area contributed by atoms with Crippen molar-refractivity contribution in [2.75, 3.05) is 0 Å². The van der Waals surface area contributed by atoms with Crippen molar-refractivity contribution in [2.45, 2.75) is 0 Å². The summed E-state index contributed by atoms with van der Waals surface area (Å²) in [5, 5.41) is 6.03. The van der Waals surface area contributed by atoms with Crippen LogP contribution < -0.4 is 0 Å². The van der Waals surface area contributed by atoms with Gasteiger partial charge >= 0.3 is 0 Å². The highest BCUT2D eigenvalue weighted by molar-refractivity contribution is 7.26. The van der Waals surface area contributed by atoms with Gasteiger partial charge in [-0.3, -0.25) is 0 Å². The lowest BCUT2D eigenvalue weighted by Crippen LogP contribution is -1.96. The van der Waals surface area contributed by atoms with Crippen LogP contribution >= 0.6 is 11.3 Å². The normalized spacial score (nSPS) is 11.6. The van der Waals surface area contributed by atoms with E-state index in [-0.39, 0.29) is 0 Å². The molecule has 0 spiro atoms. The number of thiophene rings is 1. The van der Waals surface area contributed by atoms with Crippen molar-refractivity contribution >= 4 is 53.2 Å². The molecule has 0 radical (unpaired) electrons. The molecular weight excluding hydrogens is 567 g/mol. The van der Waals surface area contributed by atoms with Gasteiger partial charge in [0.05, 0.1) is 22.6 Å². The molecule has 9 rings (SSSR count). The van der Waals surface area contributed by atoms with Crippen molar-refractivity contribution in [2.24, 2.45) is 0 Å². The first-order valence-electron chi connectivity index (χ1n) is 15.0. The highest BCUT2D eigenvalue weighted by Gasteiger charge is 2.19. The van der Waals surface area contributed by atoms with E-state index in [0.29, 0.717) is 5.82 Å². The number of aromatic nitrogens is 3. The van der Waals surface area contributed by atoms with Crippen LogP contribution in [0.1, 0.15) is 0 Å². The second kappa shape index (κ2) is 10.5. The van der Waals surface area contributed by atoms with E-state index in [1.807, 2.05) is 47.7 Å². The van der Waals surface area contributed by atoms with Gasteiger partial charge in [-0.05, 0) is 29.0 Å². The highest BCUT2D eigenvalue weighted by atomic mass is 32.1. The van der Waals surface area contributed by atoms with Crippen LogP contribution in [0.2, 0.25) is 0 Å². The van der Waals surface area contributed by atoms with Crippen molar-refractivity contribution in [1.29, 1.82) is 0 Å². The van der Waals surface area contributed by atoms with E-state index in [1.54, 1.807) is 0 Å². The summed E-state index contributed by atoms with van der Waals surface area (Å²) in [6.45, 7) is 0. The Bertz CT molecular complexity index is 2470. The summed E-state index contributed by atoms with van der Waals surface area (Å²) in [4.78, 5) is 15.5. The first kappa shape index (κ1) is 25.8. The quantitative estimate of drug-likeness (QED) is 0.204. The Morgan fingerprint density at radius 1 is 0.444 bits per heavy atom. The molecule has 210 valence electrons. The van der Waals surface area contributed by atoms with E-state index in [4.69, 9.17) is 15.0 Å². The molecule has 0 bridgehead atoms. The monoisotopic (exact) mass is 591 g/mol. The molecular formula is C41H25N3S. The number of benzene rings is 6. The molecule has 3 aromatic heterocycles. The maximum absolute atomic E-state index is 5.46. The number of rotatable bonds is 4. The SMILES string of the molecule is c1ccc(-c2cc(-c3ccc4c(c3)nc(-c3cccc5ccccc35)c3c5ccccc5sc43)nc(-c3ccccc3)n2)cc1. The Kier molecular flexibility index (Phi) is 6.00. The number of hydrogen-bond acceptors (Lipinski definition) is 4. The molecule has 0 amide bonds. The van der Waals surface area contributed by atoms with Gasteiger partial charge in [0.2, 0.25) is 0 Å². The van der Waals surface area contributed by atoms with E-state index < -0.39 is 0 Å². The fourth-order valence-corrected chi connectivity index (χ4v) is 7.55. The molecule has 0 atom stereocenters. The lowest BCUT2D eigenvalue weighted by Gasteiger charge is -2.12. The van der Waals surface area contributed by atoms with Gasteiger partial charge in [0.1, 0.15) is 0 Å². The third kappa shape index (κ3) is 4.38. The van der Waals surface area contributed by atoms with Gasteiger partial charge in [-0.15, -0.1) is 11.3 Å². The van der Waals surface area contributed by atoms with Crippen LogP contribution in [0.5, 0.6) is 0 Å². The Morgan fingerprint density at radius 2 is 1.11 bits per heavy atom. The van der Waals surface area contributed by atoms with E-state index >= 15 is 0 Å². The molecule has 9 aromatic rings. The van der Waals surface area contributed by atoms with Gasteiger partial charge in [-0.1, -0.05) is 133 Å². The molecule has 4 heteroatoms. The zero-order chi connectivity index (χ0) is 29.7. The second-order valence-electron chi connectivity index (χ2n) is 11.2. The average Bonchev–Trinajstić information content (AvgIpc) is 3.51. The fourth-order valence-electron chi connectivity index (χ4n) is 6.32. The lowest BCUT2D eigenvalue weighted by atomic mass is 9.97. The third-order valence-corrected chi connectivity index (χ3v) is 9.68. The van der Waals surface area contributed by atoms with Gasteiger partial charge in [0.25, 0.3) is 0 Å². The van der Waals surface area contributed by atoms with Gasteiger partial charge in [-0.2, -0.15) is 0 Å². The van der Waals surface area contributed by atoms with Gasteiger partial charge in [-0.25, -0.2) is 15.0 Å². The first-order valence-corrected chi connectivity index (χ1v) is 15.9. The van der Waals surface area contributed by atoms with Crippen molar-refractivity contribution in [1.82, 2.24) is 15.0 Å². The Hall–Kier alpha value is -5.71. The van der Waals surface area contributed by atoms with E-state index in [2.05, 4.69) is 115 Å². The van der Waals surface area contributed by atoms with Crippen molar-refractivity contribution in [3.8, 4) is 45.2 Å². The molecule has 0 aliphatic rings. The zero-order valence-corrected chi connectivity index (χ0v) is 25.0. The minimum Gasteiger partial charge on any atom is -0.247 e. The van der Waals surface area contributed by atoms with Crippen molar-refractivity contribution < 1.29 is 0 Å². The van der Waals surface area contributed by atoms with Crippen molar-refractivity contribution in [3.63, 3.8) is 0 Å². The lowest BCUT2D eigenvalue weighted by molar-refractivity contribution is 1.18. The summed E-state index contributed by atoms with van der Waals surface area (Å²) in [7, 11) is 0. The third-order valence-electron chi connectivity index (χ3n) is 8.48. The number of nitrogens with zero attached hydrogens (tertiary/aromatic N) is 3. The number of fused-ring (bicyclic) bond motifs is 6. The summed E-state index contributed by atoms with van der Waals surface area (Å²) >= 11 is 1.84. The van der Waals surface area contributed by atoms with Crippen LogP contribution in [0.25, 0.3) is 87.0 Å². The Balaban J connectivity index is 1.32. The summed E-state index contributed by atoms with van der Waals surface area (Å²) < 4.78 is 2.52. The molecule has 0 saturated heterocycles. The number of pyridine rings is 1. The number of hydrogen-bond donors (Lipinski definition) is 0. The Labute approximate surface area is 264 Å². The van der Waals surface area contributed by atoms with Gasteiger partial charge < -0.3 is 0 Å². The van der Waals surface area contributed by atoms with Crippen LogP contribution in [0.4, 0.5) is 0 Å². The van der Waals surface area contributed by atoms with Crippen molar-refractivity contribution in [3.05, 3.63) is 152 Å². The highest BCUT2D eigenvalue weighted by Crippen LogP contribution is 2.44. The van der Waals surface area contributed by atoms with Gasteiger partial charge in [0, 0.05) is 47.8 Å². The summed E-state index contributed by atoms with van der Waals surface area (Å²) in [5.74, 6) is 0.705. The topological polar surface area (TPSA) is 38.7 Å². The van der Waals surface area contributed by atoms with E-state index in [1.165, 1.54) is 30.9 Å². The van der Waals surface area contributed by atoms with Crippen LogP contribution in [-0.2, 0) is 0 Å². The van der Waals surface area contributed by atoms with Crippen LogP contribution in [0.15, 0.2) is 152 Å². The van der Waals surface area contributed by atoms with Crippen LogP contribution in [0, 0.1) is 0 Å². The minimum absolute atomic E-state index is 0.705. The maximum Gasteiger partial charge on any atom is 0.160 e. The predicted octanol–water partition coefficient (Wildman–Crippen LogP) is 11.2. The second-order valence-corrected chi connectivity index (χ2v) is 12.3. The molecule has 0 fully saturated rings. The summed E-state index contributed by atoms with van der Waals surface area (Å²) in [5.41, 5.74) is 7.93. The molecule has 0 saturated carbocycles. The minimum atomic E-state index is 0.705. The van der Waals surface area contributed by atoms with Crippen LogP contribution in [0.3, 0.4) is 0 Å². The fraction of sp³-hybridized carbons (Fsp3) is 0. The maximum atomic E-state index is 5.46. The first-order chi connectivity index (χ1) is 22.3. The van der Waals surface area contributed by atoms with Gasteiger partial charge in [0.15, 0.2) is 5.82 Å². The molecule has 6 aromatic carbocycles. The molecule has 0 N–H and O–H groups in total. The van der Waals surface area contributed by atoms with E-state index in [9.17, 15) is 0 Å². The molecule has 45 heavy (non-hydrogen) atoms. The van der Waals surface area contributed by atoms with Crippen LogP contribution in [-0.4, -0.2) is 15.0 Å². The largest absolute Gasteiger partial charge is 0.247 e. The predicted molar refractivity (Wildman–Crippen MR) is 189 cm³/mol. The smallest absolute Gasteiger partial charge is 0.160 e. The molecule has 3 heterocycles. The zero-order valence-electron chi connectivity index (χ0n) is 24.2. The molecule has 0 aliphatic carbocycles. The summed E-state index contributed by atoms with van der Waals surface area (Å²) in [6.07, 6.45) is 0. The van der Waals surface area contributed by atoms with E-state index in [0.717, 1.165) is 50.2 Å². The summed E-state index contributed by atoms with van der Waals surface area (Å²) in [6, 6.07) is 52.9.